The third-order valence-corrected chi connectivity index (χ3v) is 4.40. The minimum atomic E-state index is -0.471. The van der Waals surface area contributed by atoms with E-state index in [1.807, 2.05) is 12.1 Å². The molecule has 0 radical (unpaired) electrons. The van der Waals surface area contributed by atoms with Crippen molar-refractivity contribution in [3.63, 3.8) is 0 Å². The predicted octanol–water partition coefficient (Wildman–Crippen LogP) is 4.55. The molecule has 0 saturated carbocycles. The Morgan fingerprint density at radius 2 is 1.63 bits per heavy atom. The molecular formula is C22H18N2O6. The van der Waals surface area contributed by atoms with Gasteiger partial charge in [-0.2, -0.15) is 0 Å². The van der Waals surface area contributed by atoms with E-state index in [0.29, 0.717) is 28.5 Å². The SMILES string of the molecule is COc1ccc(NC(=O)c2ccco2)cc1NC(=O)c1cc2cccc(OC)c2o1. The number of benzene rings is 2. The van der Waals surface area contributed by atoms with Crippen LogP contribution in [-0.4, -0.2) is 26.0 Å². The number of para-hydroxylation sites is 1. The fraction of sp³-hybridized carbons (Fsp3) is 0.0909. The Labute approximate surface area is 171 Å². The van der Waals surface area contributed by atoms with Gasteiger partial charge in [0.05, 0.1) is 26.2 Å². The number of fused-ring (bicyclic) bond motifs is 1. The van der Waals surface area contributed by atoms with Crippen LogP contribution >= 0.6 is 0 Å². The van der Waals surface area contributed by atoms with E-state index in [1.165, 1.54) is 20.5 Å². The molecule has 2 heterocycles. The summed E-state index contributed by atoms with van der Waals surface area (Å²) in [6.45, 7) is 0. The van der Waals surface area contributed by atoms with Crippen molar-refractivity contribution in [2.24, 2.45) is 0 Å². The lowest BCUT2D eigenvalue weighted by molar-refractivity contribution is 0.0991. The molecule has 4 rings (SSSR count). The summed E-state index contributed by atoms with van der Waals surface area (Å²) >= 11 is 0. The summed E-state index contributed by atoms with van der Waals surface area (Å²) < 4.78 is 21.3. The van der Waals surface area contributed by atoms with Gasteiger partial charge in [0.15, 0.2) is 22.9 Å². The van der Waals surface area contributed by atoms with E-state index in [9.17, 15) is 9.59 Å². The molecule has 2 aromatic carbocycles. The van der Waals surface area contributed by atoms with E-state index in [2.05, 4.69) is 10.6 Å². The van der Waals surface area contributed by atoms with Crippen LogP contribution in [0.1, 0.15) is 21.1 Å². The number of carbonyl (C=O) groups excluding carboxylic acids is 2. The number of anilines is 2. The Hall–Kier alpha value is -4.20. The molecule has 4 aromatic rings. The van der Waals surface area contributed by atoms with Crippen molar-refractivity contribution >= 4 is 34.2 Å². The zero-order valence-electron chi connectivity index (χ0n) is 16.2. The van der Waals surface area contributed by atoms with Crippen molar-refractivity contribution in [1.29, 1.82) is 0 Å². The molecule has 0 unspecified atom stereocenters. The smallest absolute Gasteiger partial charge is 0.291 e. The largest absolute Gasteiger partial charge is 0.495 e. The average Bonchev–Trinajstić information content (AvgIpc) is 3.43. The number of ether oxygens (including phenoxy) is 2. The highest BCUT2D eigenvalue weighted by Gasteiger charge is 2.17. The zero-order valence-corrected chi connectivity index (χ0v) is 16.2. The second-order valence-electron chi connectivity index (χ2n) is 6.29. The quantitative estimate of drug-likeness (QED) is 0.487. The molecule has 2 N–H and O–H groups in total. The fourth-order valence-corrected chi connectivity index (χ4v) is 2.98. The van der Waals surface area contributed by atoms with Crippen LogP contribution in [0.5, 0.6) is 11.5 Å². The van der Waals surface area contributed by atoms with Gasteiger partial charge < -0.3 is 28.9 Å². The van der Waals surface area contributed by atoms with Crippen LogP contribution in [0.4, 0.5) is 11.4 Å². The number of rotatable bonds is 6. The zero-order chi connectivity index (χ0) is 21.1. The highest BCUT2D eigenvalue weighted by Crippen LogP contribution is 2.31. The van der Waals surface area contributed by atoms with Gasteiger partial charge in [0.2, 0.25) is 0 Å². The summed E-state index contributed by atoms with van der Waals surface area (Å²) in [5.74, 6) is 0.363. The highest BCUT2D eigenvalue weighted by molar-refractivity contribution is 6.07. The topological polar surface area (TPSA) is 103 Å². The first kappa shape index (κ1) is 19.1. The molecule has 30 heavy (non-hydrogen) atoms. The molecule has 152 valence electrons. The number of hydrogen-bond donors (Lipinski definition) is 2. The van der Waals surface area contributed by atoms with Crippen LogP contribution in [0.2, 0.25) is 0 Å². The van der Waals surface area contributed by atoms with Crippen molar-refractivity contribution in [1.82, 2.24) is 0 Å². The maximum absolute atomic E-state index is 12.8. The highest BCUT2D eigenvalue weighted by atomic mass is 16.5. The van der Waals surface area contributed by atoms with Gasteiger partial charge in [-0.25, -0.2) is 0 Å². The monoisotopic (exact) mass is 406 g/mol. The van der Waals surface area contributed by atoms with Crippen LogP contribution in [0.3, 0.4) is 0 Å². The number of methoxy groups -OCH3 is 2. The number of nitrogens with one attached hydrogen (secondary N) is 2. The third kappa shape index (κ3) is 3.70. The summed E-state index contributed by atoms with van der Waals surface area (Å²) in [4.78, 5) is 25.0. The fourth-order valence-electron chi connectivity index (χ4n) is 2.98. The lowest BCUT2D eigenvalue weighted by atomic mass is 10.2. The lowest BCUT2D eigenvalue weighted by Gasteiger charge is -2.12. The normalized spacial score (nSPS) is 10.6. The molecule has 0 saturated heterocycles. The Balaban J connectivity index is 1.58. The van der Waals surface area contributed by atoms with Crippen molar-refractivity contribution in [3.8, 4) is 11.5 Å². The maximum atomic E-state index is 12.8. The van der Waals surface area contributed by atoms with Gasteiger partial charge in [0, 0.05) is 11.1 Å². The predicted molar refractivity (Wildman–Crippen MR) is 110 cm³/mol. The van der Waals surface area contributed by atoms with Crippen LogP contribution in [0, 0.1) is 0 Å². The number of amides is 2. The minimum absolute atomic E-state index is 0.113. The van der Waals surface area contributed by atoms with E-state index in [1.54, 1.807) is 42.5 Å². The van der Waals surface area contributed by atoms with E-state index < -0.39 is 11.8 Å². The molecule has 0 aliphatic rings. The Bertz CT molecular complexity index is 1210. The molecule has 0 spiro atoms. The van der Waals surface area contributed by atoms with Crippen molar-refractivity contribution in [2.45, 2.75) is 0 Å². The summed E-state index contributed by atoms with van der Waals surface area (Å²) in [6, 6.07) is 15.1. The molecule has 0 atom stereocenters. The molecule has 8 nitrogen and oxygen atoms in total. The number of furan rings is 2. The summed E-state index contributed by atoms with van der Waals surface area (Å²) in [6.07, 6.45) is 1.41. The lowest BCUT2D eigenvalue weighted by Crippen LogP contribution is -2.14. The summed E-state index contributed by atoms with van der Waals surface area (Å²) in [5.41, 5.74) is 1.31. The van der Waals surface area contributed by atoms with Crippen molar-refractivity contribution in [3.05, 3.63) is 72.4 Å². The van der Waals surface area contributed by atoms with Gasteiger partial charge in [0.25, 0.3) is 11.8 Å². The van der Waals surface area contributed by atoms with Gasteiger partial charge in [-0.1, -0.05) is 12.1 Å². The van der Waals surface area contributed by atoms with Gasteiger partial charge in [-0.05, 0) is 42.5 Å². The Kier molecular flexibility index (Phi) is 5.13. The van der Waals surface area contributed by atoms with E-state index in [4.69, 9.17) is 18.3 Å². The first-order valence-electron chi connectivity index (χ1n) is 9.00. The van der Waals surface area contributed by atoms with E-state index in [0.717, 1.165) is 5.39 Å². The third-order valence-electron chi connectivity index (χ3n) is 4.40. The van der Waals surface area contributed by atoms with Crippen LogP contribution < -0.4 is 20.1 Å². The minimum Gasteiger partial charge on any atom is -0.495 e. The molecular weight excluding hydrogens is 388 g/mol. The molecule has 2 aromatic heterocycles. The van der Waals surface area contributed by atoms with E-state index >= 15 is 0 Å². The first-order valence-corrected chi connectivity index (χ1v) is 9.00. The Morgan fingerprint density at radius 1 is 0.833 bits per heavy atom. The van der Waals surface area contributed by atoms with Crippen LogP contribution in [-0.2, 0) is 0 Å². The maximum Gasteiger partial charge on any atom is 0.291 e. The Morgan fingerprint density at radius 3 is 2.37 bits per heavy atom. The van der Waals surface area contributed by atoms with Crippen LogP contribution in [0.25, 0.3) is 11.0 Å². The molecule has 0 bridgehead atoms. The first-order chi connectivity index (χ1) is 14.6. The molecule has 2 amide bonds. The van der Waals surface area contributed by atoms with Crippen molar-refractivity contribution in [2.75, 3.05) is 24.9 Å². The van der Waals surface area contributed by atoms with Crippen LogP contribution in [0.15, 0.2) is 69.7 Å². The van der Waals surface area contributed by atoms with Gasteiger partial charge in [-0.3, -0.25) is 9.59 Å². The molecule has 0 aliphatic heterocycles. The molecule has 0 aliphatic carbocycles. The van der Waals surface area contributed by atoms with Gasteiger partial charge in [0.1, 0.15) is 5.75 Å². The van der Waals surface area contributed by atoms with E-state index in [-0.39, 0.29) is 11.5 Å². The standard InChI is InChI=1S/C22H18N2O6/c1-27-16-9-8-14(23-21(25)18-7-4-10-29-18)12-15(16)24-22(26)19-11-13-5-3-6-17(28-2)20(13)30-19/h3-12H,1-2H3,(H,23,25)(H,24,26). The number of carbonyl (C=O) groups is 2. The summed E-state index contributed by atoms with van der Waals surface area (Å²) in [7, 11) is 3.02. The second kappa shape index (κ2) is 8.04. The second-order valence-corrected chi connectivity index (χ2v) is 6.29. The summed E-state index contributed by atoms with van der Waals surface area (Å²) in [5, 5.41) is 6.20. The average molecular weight is 406 g/mol. The number of hydrogen-bond acceptors (Lipinski definition) is 6. The van der Waals surface area contributed by atoms with Gasteiger partial charge >= 0.3 is 0 Å². The molecule has 0 fully saturated rings. The van der Waals surface area contributed by atoms with Gasteiger partial charge in [-0.15, -0.1) is 0 Å². The molecule has 8 heteroatoms. The van der Waals surface area contributed by atoms with Crippen molar-refractivity contribution < 1.29 is 27.9 Å².